The smallest absolute Gasteiger partial charge is 0.108 e. The minimum Gasteiger partial charge on any atom is -0.472 e. The Morgan fingerprint density at radius 1 is 1.67 bits per heavy atom. The topological polar surface area (TPSA) is 42.6 Å². The van der Waals surface area contributed by atoms with Gasteiger partial charge in [-0.2, -0.15) is 0 Å². The minimum atomic E-state index is -0.594. The molecule has 0 amide bonds. The molecule has 2 unspecified atom stereocenters. The van der Waals surface area contributed by atoms with Crippen LogP contribution in [0, 0.1) is 0 Å². The van der Waals surface area contributed by atoms with E-state index in [2.05, 4.69) is 0 Å². The molecule has 1 rings (SSSR count). The average Bonchev–Trinajstić information content (AvgIpc) is 2.55. The van der Waals surface area contributed by atoms with Crippen molar-refractivity contribution < 1.29 is 14.3 Å². The molecule has 0 bridgehead atoms. The molecule has 0 fully saturated rings. The van der Waals surface area contributed by atoms with Gasteiger partial charge in [-0.25, -0.2) is 0 Å². The SMILES string of the molecule is CCOC(C)C(O)c1ccoc1. The van der Waals surface area contributed by atoms with Gasteiger partial charge in [0.05, 0.1) is 18.6 Å². The number of hydrogen-bond acceptors (Lipinski definition) is 3. The van der Waals surface area contributed by atoms with Crippen LogP contribution >= 0.6 is 0 Å². The number of ether oxygens (including phenoxy) is 1. The molecule has 0 aromatic carbocycles. The predicted molar refractivity (Wildman–Crippen MR) is 44.8 cm³/mol. The van der Waals surface area contributed by atoms with Crippen molar-refractivity contribution in [1.82, 2.24) is 0 Å². The van der Waals surface area contributed by atoms with E-state index in [0.29, 0.717) is 6.61 Å². The molecule has 3 nitrogen and oxygen atoms in total. The summed E-state index contributed by atoms with van der Waals surface area (Å²) in [5.41, 5.74) is 0.760. The molecule has 1 aromatic heterocycles. The van der Waals surface area contributed by atoms with Gasteiger partial charge in [0.2, 0.25) is 0 Å². The van der Waals surface area contributed by atoms with E-state index >= 15 is 0 Å². The van der Waals surface area contributed by atoms with Gasteiger partial charge in [0.15, 0.2) is 0 Å². The summed E-state index contributed by atoms with van der Waals surface area (Å²) in [7, 11) is 0. The van der Waals surface area contributed by atoms with Gasteiger partial charge in [-0.15, -0.1) is 0 Å². The molecule has 0 radical (unpaired) electrons. The zero-order valence-corrected chi connectivity index (χ0v) is 7.36. The van der Waals surface area contributed by atoms with E-state index in [1.807, 2.05) is 13.8 Å². The molecule has 68 valence electrons. The predicted octanol–water partition coefficient (Wildman–Crippen LogP) is 1.74. The van der Waals surface area contributed by atoms with Crippen molar-refractivity contribution in [3.05, 3.63) is 24.2 Å². The Labute approximate surface area is 72.0 Å². The van der Waals surface area contributed by atoms with E-state index < -0.39 is 6.10 Å². The monoisotopic (exact) mass is 170 g/mol. The van der Waals surface area contributed by atoms with Gasteiger partial charge in [0.25, 0.3) is 0 Å². The number of hydrogen-bond donors (Lipinski definition) is 1. The van der Waals surface area contributed by atoms with Crippen molar-refractivity contribution >= 4 is 0 Å². The second kappa shape index (κ2) is 4.28. The molecule has 0 spiro atoms. The highest BCUT2D eigenvalue weighted by Crippen LogP contribution is 2.18. The van der Waals surface area contributed by atoms with E-state index in [0.717, 1.165) is 5.56 Å². The van der Waals surface area contributed by atoms with Gasteiger partial charge < -0.3 is 14.3 Å². The first kappa shape index (κ1) is 9.29. The fourth-order valence-electron chi connectivity index (χ4n) is 1.07. The highest BCUT2D eigenvalue weighted by molar-refractivity contribution is 5.10. The van der Waals surface area contributed by atoms with Crippen molar-refractivity contribution in [3.8, 4) is 0 Å². The molecule has 12 heavy (non-hydrogen) atoms. The van der Waals surface area contributed by atoms with Crippen molar-refractivity contribution in [3.63, 3.8) is 0 Å². The summed E-state index contributed by atoms with van der Waals surface area (Å²) in [4.78, 5) is 0. The van der Waals surface area contributed by atoms with Crippen molar-refractivity contribution in [2.45, 2.75) is 26.1 Å². The van der Waals surface area contributed by atoms with Crippen LogP contribution in [0.1, 0.15) is 25.5 Å². The second-order valence-corrected chi connectivity index (χ2v) is 2.66. The second-order valence-electron chi connectivity index (χ2n) is 2.66. The lowest BCUT2D eigenvalue weighted by Crippen LogP contribution is -2.17. The number of aliphatic hydroxyl groups is 1. The normalized spacial score (nSPS) is 15.9. The van der Waals surface area contributed by atoms with Gasteiger partial charge in [-0.3, -0.25) is 0 Å². The molecule has 0 aliphatic carbocycles. The van der Waals surface area contributed by atoms with E-state index in [4.69, 9.17) is 9.15 Å². The van der Waals surface area contributed by atoms with Crippen molar-refractivity contribution in [2.75, 3.05) is 6.61 Å². The lowest BCUT2D eigenvalue weighted by Gasteiger charge is -2.16. The molecule has 3 heteroatoms. The highest BCUT2D eigenvalue weighted by atomic mass is 16.5. The molecule has 0 saturated heterocycles. The Morgan fingerprint density at radius 3 is 2.92 bits per heavy atom. The summed E-state index contributed by atoms with van der Waals surface area (Å²) in [5, 5.41) is 9.62. The lowest BCUT2D eigenvalue weighted by atomic mass is 10.1. The lowest BCUT2D eigenvalue weighted by molar-refractivity contribution is -0.0229. The van der Waals surface area contributed by atoms with E-state index in [-0.39, 0.29) is 6.10 Å². The Hall–Kier alpha value is -0.800. The summed E-state index contributed by atoms with van der Waals surface area (Å²) < 4.78 is 10.1. The average molecular weight is 170 g/mol. The quantitative estimate of drug-likeness (QED) is 0.748. The van der Waals surface area contributed by atoms with Crippen LogP contribution in [0.4, 0.5) is 0 Å². The molecule has 1 aromatic rings. The standard InChI is InChI=1S/C9H14O3/c1-3-12-7(2)9(10)8-4-5-11-6-8/h4-7,9-10H,3H2,1-2H3. The zero-order chi connectivity index (χ0) is 8.97. The third-order valence-corrected chi connectivity index (χ3v) is 1.76. The molecule has 2 atom stereocenters. The molecular formula is C9H14O3. The van der Waals surface area contributed by atoms with Crippen LogP contribution < -0.4 is 0 Å². The Bertz CT molecular complexity index is 206. The summed E-state index contributed by atoms with van der Waals surface area (Å²) in [5.74, 6) is 0. The minimum absolute atomic E-state index is 0.187. The van der Waals surface area contributed by atoms with Crippen LogP contribution in [-0.2, 0) is 4.74 Å². The van der Waals surface area contributed by atoms with E-state index in [1.165, 1.54) is 12.5 Å². The van der Waals surface area contributed by atoms with Crippen LogP contribution in [0.3, 0.4) is 0 Å². The third kappa shape index (κ3) is 2.09. The number of aliphatic hydroxyl groups excluding tert-OH is 1. The fraction of sp³-hybridized carbons (Fsp3) is 0.556. The Kier molecular flexibility index (Phi) is 3.31. The molecule has 0 aliphatic rings. The first-order valence-corrected chi connectivity index (χ1v) is 4.07. The number of furan rings is 1. The van der Waals surface area contributed by atoms with Crippen LogP contribution in [0.5, 0.6) is 0 Å². The van der Waals surface area contributed by atoms with Crippen molar-refractivity contribution in [2.24, 2.45) is 0 Å². The van der Waals surface area contributed by atoms with Gasteiger partial charge in [0.1, 0.15) is 6.10 Å². The molecule has 1 heterocycles. The maximum Gasteiger partial charge on any atom is 0.108 e. The van der Waals surface area contributed by atoms with Crippen molar-refractivity contribution in [1.29, 1.82) is 0 Å². The van der Waals surface area contributed by atoms with Gasteiger partial charge in [-0.1, -0.05) is 0 Å². The highest BCUT2D eigenvalue weighted by Gasteiger charge is 2.16. The van der Waals surface area contributed by atoms with E-state index in [9.17, 15) is 5.11 Å². The van der Waals surface area contributed by atoms with Gasteiger partial charge >= 0.3 is 0 Å². The van der Waals surface area contributed by atoms with Crippen LogP contribution in [-0.4, -0.2) is 17.8 Å². The van der Waals surface area contributed by atoms with Crippen LogP contribution in [0.2, 0.25) is 0 Å². The molecule has 0 aliphatic heterocycles. The first-order chi connectivity index (χ1) is 5.75. The van der Waals surface area contributed by atoms with Crippen LogP contribution in [0.15, 0.2) is 23.0 Å². The molecule has 1 N–H and O–H groups in total. The largest absolute Gasteiger partial charge is 0.472 e. The summed E-state index contributed by atoms with van der Waals surface area (Å²) >= 11 is 0. The van der Waals surface area contributed by atoms with E-state index in [1.54, 1.807) is 6.07 Å². The van der Waals surface area contributed by atoms with Gasteiger partial charge in [-0.05, 0) is 19.9 Å². The maximum atomic E-state index is 9.62. The zero-order valence-electron chi connectivity index (χ0n) is 7.36. The Balaban J connectivity index is 2.53. The summed E-state index contributed by atoms with van der Waals surface area (Å²) in [6.45, 7) is 4.34. The third-order valence-electron chi connectivity index (χ3n) is 1.76. The molecule has 0 saturated carbocycles. The number of rotatable bonds is 4. The summed E-state index contributed by atoms with van der Waals surface area (Å²) in [6.07, 6.45) is 2.29. The van der Waals surface area contributed by atoms with Crippen LogP contribution in [0.25, 0.3) is 0 Å². The molecular weight excluding hydrogens is 156 g/mol. The summed E-state index contributed by atoms with van der Waals surface area (Å²) in [6, 6.07) is 1.74. The Morgan fingerprint density at radius 2 is 2.42 bits per heavy atom. The maximum absolute atomic E-state index is 9.62. The fourth-order valence-corrected chi connectivity index (χ4v) is 1.07. The first-order valence-electron chi connectivity index (χ1n) is 4.07. The van der Waals surface area contributed by atoms with Gasteiger partial charge in [0, 0.05) is 12.2 Å².